The zero-order valence-electron chi connectivity index (χ0n) is 16.7. The molecule has 1 aromatic carbocycles. The number of thiophene rings is 1. The van der Waals surface area contributed by atoms with Crippen molar-refractivity contribution in [3.63, 3.8) is 0 Å². The molecule has 0 fully saturated rings. The van der Waals surface area contributed by atoms with Crippen LogP contribution in [0.1, 0.15) is 54.6 Å². The fourth-order valence-corrected chi connectivity index (χ4v) is 5.09. The van der Waals surface area contributed by atoms with Crippen LogP contribution in [-0.2, 0) is 24.1 Å². The molecule has 0 bridgehead atoms. The molecule has 3 aromatic rings. The van der Waals surface area contributed by atoms with E-state index in [0.29, 0.717) is 18.9 Å². The maximum Gasteiger partial charge on any atom is 0.259 e. The fraction of sp³-hybridized carbons (Fsp3) is 0.409. The second-order valence-electron chi connectivity index (χ2n) is 7.34. The van der Waals surface area contributed by atoms with Crippen molar-refractivity contribution in [3.8, 4) is 5.75 Å². The summed E-state index contributed by atoms with van der Waals surface area (Å²) in [5.41, 5.74) is 2.11. The lowest BCUT2D eigenvalue weighted by Gasteiger charge is -2.15. The number of aryl methyl sites for hydroxylation is 3. The first-order chi connectivity index (χ1) is 14.0. The highest BCUT2D eigenvalue weighted by atomic mass is 32.1. The lowest BCUT2D eigenvalue weighted by Crippen LogP contribution is -2.27. The van der Waals surface area contributed by atoms with Crippen molar-refractivity contribution in [1.82, 2.24) is 15.3 Å². The molecule has 0 radical (unpaired) electrons. The number of carbonyl (C=O) groups is 1. The summed E-state index contributed by atoms with van der Waals surface area (Å²) >= 11 is 1.62. The summed E-state index contributed by atoms with van der Waals surface area (Å²) in [4.78, 5) is 34.4. The lowest BCUT2D eigenvalue weighted by molar-refractivity contribution is -0.121. The van der Waals surface area contributed by atoms with Gasteiger partial charge in [0.05, 0.1) is 18.0 Å². The van der Waals surface area contributed by atoms with E-state index in [0.717, 1.165) is 40.8 Å². The Labute approximate surface area is 173 Å². The molecule has 2 aromatic heterocycles. The van der Waals surface area contributed by atoms with E-state index in [2.05, 4.69) is 15.3 Å². The Morgan fingerprint density at radius 1 is 1.31 bits per heavy atom. The van der Waals surface area contributed by atoms with Gasteiger partial charge in [0, 0.05) is 17.7 Å². The largest absolute Gasteiger partial charge is 0.494 e. The maximum atomic E-state index is 12.5. The number of benzene rings is 1. The molecule has 29 heavy (non-hydrogen) atoms. The molecule has 2 heterocycles. The number of carbonyl (C=O) groups excluding carboxylic acids is 1. The van der Waals surface area contributed by atoms with Crippen molar-refractivity contribution in [2.24, 2.45) is 0 Å². The molecule has 2 N–H and O–H groups in total. The number of aromatic nitrogens is 2. The second kappa shape index (κ2) is 8.37. The van der Waals surface area contributed by atoms with Gasteiger partial charge in [-0.15, -0.1) is 11.3 Å². The third-order valence-electron chi connectivity index (χ3n) is 5.28. The topological polar surface area (TPSA) is 84.1 Å². The first-order valence-corrected chi connectivity index (χ1v) is 10.9. The van der Waals surface area contributed by atoms with E-state index in [1.54, 1.807) is 11.3 Å². The lowest BCUT2D eigenvalue weighted by atomic mass is 10.1. The van der Waals surface area contributed by atoms with Crippen LogP contribution in [0.5, 0.6) is 5.75 Å². The van der Waals surface area contributed by atoms with Gasteiger partial charge in [0.2, 0.25) is 5.91 Å². The molecule has 0 saturated carbocycles. The van der Waals surface area contributed by atoms with Crippen LogP contribution in [0.4, 0.5) is 0 Å². The van der Waals surface area contributed by atoms with Crippen molar-refractivity contribution in [1.29, 1.82) is 0 Å². The quantitative estimate of drug-likeness (QED) is 0.621. The molecule has 0 saturated heterocycles. The SMILES string of the molecule is CCOc1ccc([C@H](C)NC(=O)CCc2nc3sc4c(c3c(=O)[nH]2)CCC4)cc1. The number of hydrogen-bond acceptors (Lipinski definition) is 5. The molecule has 1 amide bonds. The van der Waals surface area contributed by atoms with Gasteiger partial charge >= 0.3 is 0 Å². The average Bonchev–Trinajstić information content (AvgIpc) is 3.28. The van der Waals surface area contributed by atoms with E-state index in [4.69, 9.17) is 4.74 Å². The van der Waals surface area contributed by atoms with Crippen molar-refractivity contribution >= 4 is 27.5 Å². The Morgan fingerprint density at radius 3 is 2.86 bits per heavy atom. The van der Waals surface area contributed by atoms with Crippen LogP contribution in [0.25, 0.3) is 10.2 Å². The Bertz CT molecular complexity index is 1090. The molecule has 0 unspecified atom stereocenters. The third kappa shape index (κ3) is 4.19. The number of rotatable bonds is 7. The summed E-state index contributed by atoms with van der Waals surface area (Å²) < 4.78 is 5.45. The standard InChI is InChI=1S/C22H25N3O3S/c1-3-28-15-9-7-14(8-10-15)13(2)23-19(26)12-11-18-24-21(27)20-16-5-4-6-17(16)29-22(20)25-18/h7-10,13H,3-6,11-12H2,1-2H3,(H,23,26)(H,24,25,27)/t13-/m0/s1. The second-order valence-corrected chi connectivity index (χ2v) is 8.42. The number of fused-ring (bicyclic) bond motifs is 3. The van der Waals surface area contributed by atoms with Gasteiger partial charge in [-0.1, -0.05) is 12.1 Å². The van der Waals surface area contributed by atoms with Gasteiger partial charge < -0.3 is 15.0 Å². The Balaban J connectivity index is 1.37. The molecule has 1 aliphatic rings. The van der Waals surface area contributed by atoms with E-state index >= 15 is 0 Å². The summed E-state index contributed by atoms with van der Waals surface area (Å²) in [5.74, 6) is 1.33. The molecule has 7 heteroatoms. The van der Waals surface area contributed by atoms with Crippen LogP contribution < -0.4 is 15.6 Å². The maximum absolute atomic E-state index is 12.5. The van der Waals surface area contributed by atoms with Crippen molar-refractivity contribution in [2.75, 3.05) is 6.61 Å². The Kier molecular flexibility index (Phi) is 5.67. The van der Waals surface area contributed by atoms with Gasteiger partial charge in [-0.05, 0) is 56.4 Å². The number of ether oxygens (including phenoxy) is 1. The van der Waals surface area contributed by atoms with E-state index < -0.39 is 0 Å². The highest BCUT2D eigenvalue weighted by Crippen LogP contribution is 2.34. The van der Waals surface area contributed by atoms with Gasteiger partial charge in [0.25, 0.3) is 5.56 Å². The van der Waals surface area contributed by atoms with E-state index in [1.807, 2.05) is 38.1 Å². The average molecular weight is 412 g/mol. The predicted octanol–water partition coefficient (Wildman–Crippen LogP) is 3.68. The Hall–Kier alpha value is -2.67. The summed E-state index contributed by atoms with van der Waals surface area (Å²) in [5, 5.41) is 3.75. The van der Waals surface area contributed by atoms with Gasteiger partial charge in [0.1, 0.15) is 16.4 Å². The third-order valence-corrected chi connectivity index (χ3v) is 6.47. The fourth-order valence-electron chi connectivity index (χ4n) is 3.81. The minimum atomic E-state index is -0.104. The monoisotopic (exact) mass is 411 g/mol. The highest BCUT2D eigenvalue weighted by Gasteiger charge is 2.21. The number of hydrogen-bond donors (Lipinski definition) is 2. The molecule has 0 aliphatic heterocycles. The zero-order valence-corrected chi connectivity index (χ0v) is 17.5. The summed E-state index contributed by atoms with van der Waals surface area (Å²) in [6.07, 6.45) is 3.81. The molecule has 0 spiro atoms. The van der Waals surface area contributed by atoms with Crippen molar-refractivity contribution in [3.05, 3.63) is 56.4 Å². The number of amides is 1. The molecular formula is C22H25N3O3S. The minimum absolute atomic E-state index is 0.0668. The van der Waals surface area contributed by atoms with Gasteiger partial charge in [-0.25, -0.2) is 4.98 Å². The number of nitrogens with one attached hydrogen (secondary N) is 2. The van der Waals surface area contributed by atoms with Crippen LogP contribution >= 0.6 is 11.3 Å². The number of H-pyrrole nitrogens is 1. The van der Waals surface area contributed by atoms with Crippen LogP contribution in [0.3, 0.4) is 0 Å². The van der Waals surface area contributed by atoms with Gasteiger partial charge in [-0.3, -0.25) is 9.59 Å². The number of aromatic amines is 1. The van der Waals surface area contributed by atoms with E-state index in [-0.39, 0.29) is 23.9 Å². The van der Waals surface area contributed by atoms with Crippen LogP contribution in [0.15, 0.2) is 29.1 Å². The predicted molar refractivity (Wildman–Crippen MR) is 115 cm³/mol. The summed E-state index contributed by atoms with van der Waals surface area (Å²) in [7, 11) is 0. The molecule has 152 valence electrons. The zero-order chi connectivity index (χ0) is 20.4. The first kappa shape index (κ1) is 19.6. The molecule has 6 nitrogen and oxygen atoms in total. The van der Waals surface area contributed by atoms with Gasteiger partial charge in [-0.2, -0.15) is 0 Å². The van der Waals surface area contributed by atoms with E-state index in [1.165, 1.54) is 10.4 Å². The van der Waals surface area contributed by atoms with Crippen LogP contribution in [0, 0.1) is 0 Å². The molecular weight excluding hydrogens is 386 g/mol. The van der Waals surface area contributed by atoms with Crippen molar-refractivity contribution in [2.45, 2.75) is 52.0 Å². The molecule has 1 aliphatic carbocycles. The first-order valence-electron chi connectivity index (χ1n) is 10.1. The summed E-state index contributed by atoms with van der Waals surface area (Å²) in [6, 6.07) is 7.62. The normalized spacial score (nSPS) is 14.0. The Morgan fingerprint density at radius 2 is 2.10 bits per heavy atom. The highest BCUT2D eigenvalue weighted by molar-refractivity contribution is 7.18. The van der Waals surface area contributed by atoms with E-state index in [9.17, 15) is 9.59 Å². The minimum Gasteiger partial charge on any atom is -0.494 e. The molecule has 4 rings (SSSR count). The van der Waals surface area contributed by atoms with Crippen molar-refractivity contribution < 1.29 is 9.53 Å². The summed E-state index contributed by atoms with van der Waals surface area (Å²) in [6.45, 7) is 4.52. The van der Waals surface area contributed by atoms with Gasteiger partial charge in [0.15, 0.2) is 0 Å². The smallest absolute Gasteiger partial charge is 0.259 e. The molecule has 1 atom stereocenters. The van der Waals surface area contributed by atoms with Crippen LogP contribution in [-0.4, -0.2) is 22.5 Å². The number of nitrogens with zero attached hydrogens (tertiary/aromatic N) is 1. The van der Waals surface area contributed by atoms with Crippen LogP contribution in [0.2, 0.25) is 0 Å².